The van der Waals surface area contributed by atoms with E-state index in [0.717, 1.165) is 45.4 Å². The predicted octanol–water partition coefficient (Wildman–Crippen LogP) is 3.60. The van der Waals surface area contributed by atoms with Crippen LogP contribution >= 0.6 is 11.6 Å². The number of carbonyl (C=O) groups excluding carboxylic acids is 1. The van der Waals surface area contributed by atoms with E-state index >= 15 is 0 Å². The summed E-state index contributed by atoms with van der Waals surface area (Å²) in [5.41, 5.74) is 1.92. The maximum atomic E-state index is 12.9. The number of aromatic nitrogens is 3. The average Bonchev–Trinajstić information content (AvgIpc) is 3.27. The summed E-state index contributed by atoms with van der Waals surface area (Å²) in [5.74, 6) is 1.41. The molecule has 0 unspecified atom stereocenters. The van der Waals surface area contributed by atoms with Gasteiger partial charge in [-0.15, -0.1) is 0 Å². The van der Waals surface area contributed by atoms with Crippen molar-refractivity contribution >= 4 is 33.0 Å². The zero-order valence-corrected chi connectivity index (χ0v) is 20.9. The van der Waals surface area contributed by atoms with E-state index in [1.165, 1.54) is 6.26 Å². The van der Waals surface area contributed by atoms with Crippen molar-refractivity contribution in [3.8, 4) is 11.3 Å². The third-order valence-corrected chi connectivity index (χ3v) is 8.00. The van der Waals surface area contributed by atoms with Crippen LogP contribution in [0, 0.1) is 17.8 Å². The number of pyridine rings is 1. The molecule has 0 aromatic carbocycles. The Kier molecular flexibility index (Phi) is 8.16. The fourth-order valence-corrected chi connectivity index (χ4v) is 6.18. The number of ketones is 1. The van der Waals surface area contributed by atoms with Crippen LogP contribution in [0.25, 0.3) is 11.3 Å². The quantitative estimate of drug-likeness (QED) is 0.549. The van der Waals surface area contributed by atoms with Crippen LogP contribution in [0.3, 0.4) is 0 Å². The molecule has 1 saturated heterocycles. The van der Waals surface area contributed by atoms with Crippen LogP contribution in [0.15, 0.2) is 24.7 Å². The highest BCUT2D eigenvalue weighted by atomic mass is 35.5. The minimum atomic E-state index is -3.03. The Bertz CT molecular complexity index is 1120. The van der Waals surface area contributed by atoms with Crippen molar-refractivity contribution in [1.29, 1.82) is 0 Å². The van der Waals surface area contributed by atoms with Crippen LogP contribution in [0.2, 0.25) is 5.02 Å². The van der Waals surface area contributed by atoms with Gasteiger partial charge in [-0.2, -0.15) is 0 Å². The van der Waals surface area contributed by atoms with Gasteiger partial charge in [0.1, 0.15) is 21.4 Å². The number of halogens is 1. The van der Waals surface area contributed by atoms with E-state index in [2.05, 4.69) is 20.3 Å². The summed E-state index contributed by atoms with van der Waals surface area (Å²) in [7, 11) is -3.03. The number of nitrogens with one attached hydrogen (secondary N) is 1. The Labute approximate surface area is 205 Å². The van der Waals surface area contributed by atoms with Crippen LogP contribution in [0.4, 0.5) is 5.82 Å². The van der Waals surface area contributed by atoms with E-state index in [-0.39, 0.29) is 29.8 Å². The minimum Gasteiger partial charge on any atom is -0.381 e. The molecule has 0 radical (unpaired) electrons. The van der Waals surface area contributed by atoms with E-state index in [1.807, 2.05) is 0 Å². The summed E-state index contributed by atoms with van der Waals surface area (Å²) in [6.45, 7) is 2.41. The molecule has 2 fully saturated rings. The largest absolute Gasteiger partial charge is 0.381 e. The van der Waals surface area contributed by atoms with Gasteiger partial charge in [0.25, 0.3) is 0 Å². The fraction of sp³-hybridized carbons (Fsp3) is 0.583. The van der Waals surface area contributed by atoms with Gasteiger partial charge in [-0.05, 0) is 50.0 Å². The van der Waals surface area contributed by atoms with Crippen molar-refractivity contribution in [1.82, 2.24) is 15.0 Å². The average molecular weight is 507 g/mol. The molecule has 4 rings (SSSR count). The van der Waals surface area contributed by atoms with E-state index in [1.54, 1.807) is 24.7 Å². The van der Waals surface area contributed by atoms with E-state index in [9.17, 15) is 13.2 Å². The first kappa shape index (κ1) is 25.0. The molecule has 0 spiro atoms. The fourth-order valence-electron chi connectivity index (χ4n) is 4.83. The van der Waals surface area contributed by atoms with Crippen molar-refractivity contribution in [2.24, 2.45) is 17.8 Å². The van der Waals surface area contributed by atoms with Crippen LogP contribution in [-0.4, -0.2) is 60.9 Å². The SMILES string of the molecule is CS(=O)(=O)C[C@@H]1CC[C@@H](C(=O)Cc2cc(-c3cncc(NCC4CCOCC4)n3)c(Cl)cn2)C1. The zero-order chi connectivity index (χ0) is 24.1. The zero-order valence-electron chi connectivity index (χ0n) is 19.4. The summed E-state index contributed by atoms with van der Waals surface area (Å²) in [6.07, 6.45) is 10.5. The monoisotopic (exact) mass is 506 g/mol. The molecule has 3 heterocycles. The molecule has 8 nitrogen and oxygen atoms in total. The Hall–Kier alpha value is -2.10. The first-order valence-electron chi connectivity index (χ1n) is 11.8. The highest BCUT2D eigenvalue weighted by molar-refractivity contribution is 7.90. The number of hydrogen-bond acceptors (Lipinski definition) is 8. The van der Waals surface area contributed by atoms with Gasteiger partial charge in [-0.3, -0.25) is 14.8 Å². The number of rotatable bonds is 9. The Morgan fingerprint density at radius 3 is 2.71 bits per heavy atom. The Morgan fingerprint density at radius 2 is 1.94 bits per heavy atom. The second-order valence-electron chi connectivity index (χ2n) is 9.49. The molecule has 2 aromatic rings. The molecule has 1 aliphatic carbocycles. The minimum absolute atomic E-state index is 0.0596. The number of anilines is 1. The van der Waals surface area contributed by atoms with Crippen molar-refractivity contribution in [2.75, 3.05) is 37.1 Å². The van der Waals surface area contributed by atoms with E-state index in [4.69, 9.17) is 16.3 Å². The third kappa shape index (κ3) is 6.96. The number of sulfone groups is 1. The van der Waals surface area contributed by atoms with Gasteiger partial charge < -0.3 is 10.1 Å². The van der Waals surface area contributed by atoms with Gasteiger partial charge in [0.15, 0.2) is 0 Å². The molecule has 2 aromatic heterocycles. The molecule has 1 aliphatic heterocycles. The topological polar surface area (TPSA) is 111 Å². The number of nitrogens with zero attached hydrogens (tertiary/aromatic N) is 3. The molecule has 1 saturated carbocycles. The predicted molar refractivity (Wildman–Crippen MR) is 132 cm³/mol. The van der Waals surface area contributed by atoms with E-state index < -0.39 is 9.84 Å². The number of carbonyl (C=O) groups is 1. The lowest BCUT2D eigenvalue weighted by Gasteiger charge is -2.22. The first-order valence-corrected chi connectivity index (χ1v) is 14.2. The summed E-state index contributed by atoms with van der Waals surface area (Å²) < 4.78 is 28.6. The van der Waals surface area contributed by atoms with Crippen LogP contribution in [-0.2, 0) is 25.8 Å². The molecule has 0 bridgehead atoms. The highest BCUT2D eigenvalue weighted by Crippen LogP contribution is 2.33. The van der Waals surface area contributed by atoms with Gasteiger partial charge in [0, 0.05) is 55.8 Å². The van der Waals surface area contributed by atoms with Gasteiger partial charge in [0.2, 0.25) is 0 Å². The van der Waals surface area contributed by atoms with Gasteiger partial charge in [-0.25, -0.2) is 13.4 Å². The third-order valence-electron chi connectivity index (χ3n) is 6.63. The molecule has 2 aliphatic rings. The molecular weight excluding hydrogens is 476 g/mol. The molecule has 1 N–H and O–H groups in total. The summed E-state index contributed by atoms with van der Waals surface area (Å²) in [6, 6.07) is 1.80. The number of hydrogen-bond donors (Lipinski definition) is 1. The summed E-state index contributed by atoms with van der Waals surface area (Å²) >= 11 is 6.42. The molecule has 34 heavy (non-hydrogen) atoms. The number of ether oxygens (including phenoxy) is 1. The normalized spacial score (nSPS) is 21.5. The smallest absolute Gasteiger partial charge is 0.147 e. The molecule has 10 heteroatoms. The molecule has 184 valence electrons. The Morgan fingerprint density at radius 1 is 1.15 bits per heavy atom. The van der Waals surface area contributed by atoms with E-state index in [0.29, 0.717) is 40.1 Å². The van der Waals surface area contributed by atoms with Crippen LogP contribution < -0.4 is 5.32 Å². The molecular formula is C24H31ClN4O4S. The maximum absolute atomic E-state index is 12.9. The van der Waals surface area contributed by atoms with Crippen molar-refractivity contribution < 1.29 is 17.9 Å². The first-order chi connectivity index (χ1) is 16.3. The second kappa shape index (κ2) is 11.1. The molecule has 0 amide bonds. The van der Waals surface area contributed by atoms with Crippen LogP contribution in [0.5, 0.6) is 0 Å². The van der Waals surface area contributed by atoms with Gasteiger partial charge >= 0.3 is 0 Å². The molecule has 2 atom stereocenters. The lowest BCUT2D eigenvalue weighted by molar-refractivity contribution is -0.122. The van der Waals surface area contributed by atoms with Crippen molar-refractivity contribution in [2.45, 2.75) is 38.5 Å². The lowest BCUT2D eigenvalue weighted by atomic mass is 9.97. The highest BCUT2D eigenvalue weighted by Gasteiger charge is 2.31. The summed E-state index contributed by atoms with van der Waals surface area (Å²) in [4.78, 5) is 26.2. The maximum Gasteiger partial charge on any atom is 0.147 e. The van der Waals surface area contributed by atoms with Crippen molar-refractivity contribution in [3.63, 3.8) is 0 Å². The second-order valence-corrected chi connectivity index (χ2v) is 12.1. The van der Waals surface area contributed by atoms with Crippen LogP contribution in [0.1, 0.15) is 37.8 Å². The van der Waals surface area contributed by atoms with Gasteiger partial charge in [0.05, 0.1) is 28.9 Å². The Balaban J connectivity index is 1.40. The standard InChI is InChI=1S/C24H31ClN4O4S/c1-34(31,32)15-17-2-3-18(8-17)23(30)10-19-9-20(21(25)12-27-19)22-13-26-14-24(29-22)28-11-16-4-6-33-7-5-16/h9,12-14,16-18H,2-8,10-11,15H2,1H3,(H,28,29)/t17-,18-/m1/s1. The van der Waals surface area contributed by atoms with Crippen molar-refractivity contribution in [3.05, 3.63) is 35.4 Å². The lowest BCUT2D eigenvalue weighted by Crippen LogP contribution is -2.23. The number of Topliss-reactive ketones (excluding diaryl/α,β-unsaturated/α-hetero) is 1. The van der Waals surface area contributed by atoms with Gasteiger partial charge in [-0.1, -0.05) is 11.6 Å². The summed E-state index contributed by atoms with van der Waals surface area (Å²) in [5, 5.41) is 3.81.